The molecule has 0 unspecified atom stereocenters. The smallest absolute Gasteiger partial charge is 0.167 e. The van der Waals surface area contributed by atoms with Crippen LogP contribution in [0.5, 0.6) is 11.5 Å². The highest BCUT2D eigenvalue weighted by molar-refractivity contribution is 7.80. The first-order chi connectivity index (χ1) is 10.5. The van der Waals surface area contributed by atoms with E-state index >= 15 is 0 Å². The molecule has 0 aliphatic carbocycles. The third kappa shape index (κ3) is 4.21. The quantitative estimate of drug-likeness (QED) is 0.658. The van der Waals surface area contributed by atoms with Crippen molar-refractivity contribution in [3.8, 4) is 11.5 Å². The summed E-state index contributed by atoms with van der Waals surface area (Å²) < 4.78 is 11.6. The van der Waals surface area contributed by atoms with Crippen LogP contribution in [-0.4, -0.2) is 5.05 Å². The van der Waals surface area contributed by atoms with Crippen molar-refractivity contribution in [3.63, 3.8) is 0 Å². The van der Waals surface area contributed by atoms with Crippen molar-refractivity contribution in [1.82, 2.24) is 0 Å². The Labute approximate surface area is 142 Å². The molecule has 0 N–H and O–H groups in total. The summed E-state index contributed by atoms with van der Waals surface area (Å²) in [5, 5.41) is 1.15. The number of ether oxygens (including phenoxy) is 2. The Hall–Kier alpha value is -1.58. The standard InChI is InChI=1S/C18H19ClO2S/c1-4-18(22)21-17-7-5-6-15(19)14(17)11-20-16-9-8-12(2)10-13(16)3/h5-10H,4,11H2,1-3H3. The van der Waals surface area contributed by atoms with Crippen molar-refractivity contribution in [3.05, 3.63) is 58.1 Å². The molecular formula is C18H19ClO2S. The van der Waals surface area contributed by atoms with Gasteiger partial charge in [-0.1, -0.05) is 42.3 Å². The molecule has 2 rings (SSSR count). The average molecular weight is 335 g/mol. The molecule has 0 aliphatic heterocycles. The molecule has 22 heavy (non-hydrogen) atoms. The Kier molecular flexibility index (Phi) is 5.81. The van der Waals surface area contributed by atoms with E-state index in [-0.39, 0.29) is 0 Å². The van der Waals surface area contributed by atoms with Gasteiger partial charge in [-0.2, -0.15) is 0 Å². The summed E-state index contributed by atoms with van der Waals surface area (Å²) in [6.45, 7) is 6.38. The summed E-state index contributed by atoms with van der Waals surface area (Å²) >= 11 is 11.4. The number of rotatable bonds is 5. The van der Waals surface area contributed by atoms with Crippen LogP contribution in [0.1, 0.15) is 30.0 Å². The molecule has 0 fully saturated rings. The van der Waals surface area contributed by atoms with Crippen molar-refractivity contribution in [1.29, 1.82) is 0 Å². The van der Waals surface area contributed by atoms with E-state index in [1.807, 2.05) is 44.2 Å². The zero-order valence-electron chi connectivity index (χ0n) is 13.0. The number of benzene rings is 2. The summed E-state index contributed by atoms with van der Waals surface area (Å²) in [4.78, 5) is 0. The van der Waals surface area contributed by atoms with Gasteiger partial charge in [-0.15, -0.1) is 0 Å². The van der Waals surface area contributed by atoms with Crippen molar-refractivity contribution in [2.24, 2.45) is 0 Å². The zero-order chi connectivity index (χ0) is 16.1. The van der Waals surface area contributed by atoms with Gasteiger partial charge in [0, 0.05) is 6.42 Å². The SMILES string of the molecule is CCC(=S)Oc1cccc(Cl)c1COc1ccc(C)cc1C. The molecule has 2 aromatic rings. The van der Waals surface area contributed by atoms with E-state index in [0.29, 0.717) is 28.9 Å². The zero-order valence-corrected chi connectivity index (χ0v) is 14.6. The molecule has 2 nitrogen and oxygen atoms in total. The van der Waals surface area contributed by atoms with E-state index in [4.69, 9.17) is 33.3 Å². The summed E-state index contributed by atoms with van der Waals surface area (Å²) in [7, 11) is 0. The van der Waals surface area contributed by atoms with Crippen LogP contribution in [0.4, 0.5) is 0 Å². The topological polar surface area (TPSA) is 18.5 Å². The fraction of sp³-hybridized carbons (Fsp3) is 0.278. The first kappa shape index (κ1) is 16.8. The molecule has 0 saturated heterocycles. The lowest BCUT2D eigenvalue weighted by Gasteiger charge is -2.15. The van der Waals surface area contributed by atoms with Crippen LogP contribution in [0.2, 0.25) is 5.02 Å². The minimum atomic E-state index is 0.339. The van der Waals surface area contributed by atoms with Crippen molar-refractivity contribution >= 4 is 28.9 Å². The summed E-state index contributed by atoms with van der Waals surface area (Å²) in [5.74, 6) is 1.50. The highest BCUT2D eigenvalue weighted by Crippen LogP contribution is 2.29. The van der Waals surface area contributed by atoms with Crippen LogP contribution in [-0.2, 0) is 6.61 Å². The monoisotopic (exact) mass is 334 g/mol. The van der Waals surface area contributed by atoms with Gasteiger partial charge in [0.1, 0.15) is 18.1 Å². The number of halogens is 1. The molecular weight excluding hydrogens is 316 g/mol. The minimum absolute atomic E-state index is 0.339. The highest BCUT2D eigenvalue weighted by atomic mass is 35.5. The summed E-state index contributed by atoms with van der Waals surface area (Å²) in [6, 6.07) is 11.6. The number of hydrogen-bond acceptors (Lipinski definition) is 3. The Morgan fingerprint density at radius 3 is 2.59 bits per heavy atom. The Bertz CT molecular complexity index is 683. The van der Waals surface area contributed by atoms with Gasteiger partial charge in [0.15, 0.2) is 5.05 Å². The molecule has 0 amide bonds. The van der Waals surface area contributed by atoms with Gasteiger partial charge in [-0.05, 0) is 49.8 Å². The van der Waals surface area contributed by atoms with Gasteiger partial charge in [-0.25, -0.2) is 0 Å². The largest absolute Gasteiger partial charge is 0.488 e. The second-order valence-corrected chi connectivity index (χ2v) is 5.96. The predicted octanol–water partition coefficient (Wildman–Crippen LogP) is 5.65. The van der Waals surface area contributed by atoms with Crippen LogP contribution in [0.3, 0.4) is 0 Å². The van der Waals surface area contributed by atoms with Crippen LogP contribution in [0, 0.1) is 13.8 Å². The lowest BCUT2D eigenvalue weighted by Crippen LogP contribution is -2.07. The second kappa shape index (κ2) is 7.61. The number of aryl methyl sites for hydroxylation is 2. The third-order valence-corrected chi connectivity index (χ3v) is 4.02. The predicted molar refractivity (Wildman–Crippen MR) is 95.2 cm³/mol. The van der Waals surface area contributed by atoms with E-state index in [9.17, 15) is 0 Å². The Balaban J connectivity index is 2.19. The van der Waals surface area contributed by atoms with Crippen molar-refractivity contribution < 1.29 is 9.47 Å². The minimum Gasteiger partial charge on any atom is -0.488 e. The van der Waals surface area contributed by atoms with Crippen molar-refractivity contribution in [2.75, 3.05) is 0 Å². The molecule has 0 aromatic heterocycles. The number of hydrogen-bond donors (Lipinski definition) is 0. The first-order valence-corrected chi connectivity index (χ1v) is 7.98. The molecule has 116 valence electrons. The fourth-order valence-corrected chi connectivity index (χ4v) is 2.39. The maximum absolute atomic E-state index is 6.28. The van der Waals surface area contributed by atoms with Gasteiger partial charge in [0.2, 0.25) is 0 Å². The normalized spacial score (nSPS) is 10.4. The van der Waals surface area contributed by atoms with E-state index < -0.39 is 0 Å². The average Bonchev–Trinajstić information content (AvgIpc) is 2.48. The number of thiocarbonyl (C=S) groups is 1. The molecule has 0 aliphatic rings. The Morgan fingerprint density at radius 2 is 1.91 bits per heavy atom. The van der Waals surface area contributed by atoms with Gasteiger partial charge >= 0.3 is 0 Å². The third-order valence-electron chi connectivity index (χ3n) is 3.29. The molecule has 0 heterocycles. The van der Waals surface area contributed by atoms with Gasteiger partial charge in [-0.3, -0.25) is 0 Å². The van der Waals surface area contributed by atoms with Crippen LogP contribution >= 0.6 is 23.8 Å². The molecule has 0 saturated carbocycles. The van der Waals surface area contributed by atoms with Gasteiger partial charge in [0.25, 0.3) is 0 Å². The van der Waals surface area contributed by atoms with Crippen molar-refractivity contribution in [2.45, 2.75) is 33.8 Å². The summed E-state index contributed by atoms with van der Waals surface area (Å²) in [6.07, 6.45) is 0.680. The maximum atomic E-state index is 6.28. The van der Waals surface area contributed by atoms with E-state index in [0.717, 1.165) is 16.9 Å². The molecule has 0 radical (unpaired) electrons. The molecule has 4 heteroatoms. The van der Waals surface area contributed by atoms with Crippen LogP contribution in [0.15, 0.2) is 36.4 Å². The van der Waals surface area contributed by atoms with E-state index in [1.54, 1.807) is 0 Å². The van der Waals surface area contributed by atoms with E-state index in [2.05, 4.69) is 13.0 Å². The van der Waals surface area contributed by atoms with Gasteiger partial charge in [0.05, 0.1) is 10.6 Å². The van der Waals surface area contributed by atoms with Gasteiger partial charge < -0.3 is 9.47 Å². The first-order valence-electron chi connectivity index (χ1n) is 7.19. The fourth-order valence-electron chi connectivity index (χ4n) is 2.08. The molecule has 2 aromatic carbocycles. The maximum Gasteiger partial charge on any atom is 0.167 e. The second-order valence-electron chi connectivity index (χ2n) is 5.10. The highest BCUT2D eigenvalue weighted by Gasteiger charge is 2.11. The van der Waals surface area contributed by atoms with Crippen LogP contribution < -0.4 is 9.47 Å². The van der Waals surface area contributed by atoms with Crippen LogP contribution in [0.25, 0.3) is 0 Å². The molecule has 0 atom stereocenters. The lowest BCUT2D eigenvalue weighted by atomic mass is 10.1. The van der Waals surface area contributed by atoms with E-state index in [1.165, 1.54) is 5.56 Å². The molecule has 0 bridgehead atoms. The lowest BCUT2D eigenvalue weighted by molar-refractivity contribution is 0.300. The Morgan fingerprint density at radius 1 is 1.14 bits per heavy atom. The summed E-state index contributed by atoms with van der Waals surface area (Å²) in [5.41, 5.74) is 3.11. The molecule has 0 spiro atoms.